The molecule has 0 aromatic heterocycles. The third-order valence-electron chi connectivity index (χ3n) is 2.82. The average Bonchev–Trinajstić information content (AvgIpc) is 2.34. The minimum absolute atomic E-state index is 0.789. The van der Waals surface area contributed by atoms with Crippen molar-refractivity contribution in [2.45, 2.75) is 43.5 Å². The van der Waals surface area contributed by atoms with Crippen LogP contribution < -0.4 is 4.35 Å². The van der Waals surface area contributed by atoms with Gasteiger partial charge in [-0.15, -0.1) is 0 Å². The van der Waals surface area contributed by atoms with E-state index in [-0.39, 0.29) is 0 Å². The number of carbonyl (C=O) groups is 1. The van der Waals surface area contributed by atoms with Crippen LogP contribution in [0.1, 0.15) is 43.0 Å². The van der Waals surface area contributed by atoms with Crippen LogP contribution in [0.25, 0.3) is 0 Å². The zero-order valence-corrected chi connectivity index (χ0v) is 12.2. The summed E-state index contributed by atoms with van der Waals surface area (Å²) < 4.78 is 1.49. The molecule has 1 unspecified atom stereocenters. The van der Waals surface area contributed by atoms with E-state index in [0.29, 0.717) is 0 Å². The Bertz CT molecular complexity index is 305. The van der Waals surface area contributed by atoms with Crippen molar-refractivity contribution in [3.63, 3.8) is 0 Å². The second-order valence-corrected chi connectivity index (χ2v) is 9.14. The number of aldehydes is 1. The van der Waals surface area contributed by atoms with Crippen molar-refractivity contribution in [1.82, 2.24) is 0 Å². The molecule has 0 aliphatic carbocycles. The van der Waals surface area contributed by atoms with Crippen molar-refractivity contribution in [1.29, 1.82) is 0 Å². The molecule has 2 heteroatoms. The Morgan fingerprint density at radius 1 is 1.12 bits per heavy atom. The summed E-state index contributed by atoms with van der Waals surface area (Å²) in [6.07, 6.45) is 6.34. The molecule has 0 saturated carbocycles. The van der Waals surface area contributed by atoms with E-state index in [1.54, 1.807) is 0 Å². The maximum atomic E-state index is 10.5. The molecular formula is C14H21AsO. The Morgan fingerprint density at radius 3 is 2.38 bits per heavy atom. The third-order valence-corrected chi connectivity index (χ3v) is 7.36. The molecule has 0 amide bonds. The van der Waals surface area contributed by atoms with Gasteiger partial charge in [-0.1, -0.05) is 0 Å². The molecule has 0 aliphatic rings. The standard InChI is InChI=1S/C14H21AsO/c1-3-4-5-6-11-15(2)14-9-7-13(12-16)8-10-14/h7-10,12H,3-6,11H2,1-2H3. The summed E-state index contributed by atoms with van der Waals surface area (Å²) >= 11 is -0.819. The monoisotopic (exact) mass is 280 g/mol. The first-order valence-corrected chi connectivity index (χ1v) is 10.2. The Hall–Kier alpha value is -0.552. The summed E-state index contributed by atoms with van der Waals surface area (Å²) in [4.78, 5) is 10.5. The molecule has 1 aromatic rings. The summed E-state index contributed by atoms with van der Waals surface area (Å²) in [6.45, 7) is 2.25. The number of rotatable bonds is 7. The van der Waals surface area contributed by atoms with Gasteiger partial charge in [0.1, 0.15) is 0 Å². The molecule has 1 nitrogen and oxygen atoms in total. The van der Waals surface area contributed by atoms with Gasteiger partial charge < -0.3 is 0 Å². The fourth-order valence-corrected chi connectivity index (χ4v) is 5.10. The summed E-state index contributed by atoms with van der Waals surface area (Å²) in [6, 6.07) is 8.17. The molecule has 88 valence electrons. The normalized spacial score (nSPS) is 12.4. The molecule has 1 aromatic carbocycles. The van der Waals surface area contributed by atoms with Gasteiger partial charge in [0.05, 0.1) is 0 Å². The van der Waals surface area contributed by atoms with Crippen LogP contribution in [-0.2, 0) is 0 Å². The molecule has 16 heavy (non-hydrogen) atoms. The first kappa shape index (κ1) is 13.5. The fraction of sp³-hybridized carbons (Fsp3) is 0.500. The van der Waals surface area contributed by atoms with E-state index in [1.165, 1.54) is 35.2 Å². The van der Waals surface area contributed by atoms with Gasteiger partial charge in [-0.2, -0.15) is 0 Å². The van der Waals surface area contributed by atoms with Crippen LogP contribution in [0.15, 0.2) is 24.3 Å². The van der Waals surface area contributed by atoms with Crippen molar-refractivity contribution < 1.29 is 4.79 Å². The number of hydrogen-bond donors (Lipinski definition) is 0. The predicted molar refractivity (Wildman–Crippen MR) is 72.0 cm³/mol. The number of benzene rings is 1. The first-order valence-electron chi connectivity index (χ1n) is 6.04. The Morgan fingerprint density at radius 2 is 1.81 bits per heavy atom. The second-order valence-electron chi connectivity index (χ2n) is 4.19. The zero-order chi connectivity index (χ0) is 11.8. The molecule has 0 N–H and O–H groups in total. The van der Waals surface area contributed by atoms with Crippen LogP contribution in [0.4, 0.5) is 0 Å². The zero-order valence-electron chi connectivity index (χ0n) is 10.3. The van der Waals surface area contributed by atoms with Crippen molar-refractivity contribution in [3.05, 3.63) is 29.8 Å². The molecule has 0 spiro atoms. The SMILES string of the molecule is CCCCCC[As](C)c1ccc(C=O)cc1. The molecule has 0 bridgehead atoms. The van der Waals surface area contributed by atoms with Gasteiger partial charge >= 0.3 is 103 Å². The van der Waals surface area contributed by atoms with Gasteiger partial charge in [0, 0.05) is 0 Å². The van der Waals surface area contributed by atoms with Crippen molar-refractivity contribution in [2.75, 3.05) is 0 Å². The number of unbranched alkanes of at least 4 members (excludes halogenated alkanes) is 3. The van der Waals surface area contributed by atoms with Gasteiger partial charge in [0.25, 0.3) is 0 Å². The Kier molecular flexibility index (Phi) is 6.48. The van der Waals surface area contributed by atoms with Gasteiger partial charge in [0.2, 0.25) is 0 Å². The van der Waals surface area contributed by atoms with E-state index >= 15 is 0 Å². The van der Waals surface area contributed by atoms with E-state index in [0.717, 1.165) is 11.8 Å². The summed E-state index contributed by atoms with van der Waals surface area (Å²) in [5.74, 6) is 0. The van der Waals surface area contributed by atoms with Crippen LogP contribution in [0.5, 0.6) is 0 Å². The summed E-state index contributed by atoms with van der Waals surface area (Å²) in [5.41, 5.74) is 3.20. The predicted octanol–water partition coefficient (Wildman–Crippen LogP) is 3.41. The minimum atomic E-state index is -0.819. The fourth-order valence-electron chi connectivity index (χ4n) is 1.71. The van der Waals surface area contributed by atoms with Crippen LogP contribution in [0.3, 0.4) is 0 Å². The second kappa shape index (κ2) is 7.68. The molecule has 0 radical (unpaired) electrons. The van der Waals surface area contributed by atoms with Crippen molar-refractivity contribution in [3.8, 4) is 0 Å². The van der Waals surface area contributed by atoms with E-state index in [9.17, 15) is 4.79 Å². The van der Waals surface area contributed by atoms with Crippen molar-refractivity contribution in [2.24, 2.45) is 0 Å². The molecule has 0 fully saturated rings. The van der Waals surface area contributed by atoms with Crippen LogP contribution in [0.2, 0.25) is 10.9 Å². The van der Waals surface area contributed by atoms with Crippen LogP contribution in [-0.4, -0.2) is 20.9 Å². The van der Waals surface area contributed by atoms with Gasteiger partial charge in [-0.05, 0) is 0 Å². The number of carbonyl (C=O) groups excluding carboxylic acids is 1. The topological polar surface area (TPSA) is 17.1 Å². The van der Waals surface area contributed by atoms with Gasteiger partial charge in [-0.25, -0.2) is 0 Å². The van der Waals surface area contributed by atoms with Crippen LogP contribution >= 0.6 is 0 Å². The van der Waals surface area contributed by atoms with E-state index in [4.69, 9.17) is 0 Å². The van der Waals surface area contributed by atoms with E-state index in [2.05, 4.69) is 24.8 Å². The van der Waals surface area contributed by atoms with Gasteiger partial charge in [0.15, 0.2) is 0 Å². The van der Waals surface area contributed by atoms with Gasteiger partial charge in [-0.3, -0.25) is 0 Å². The summed E-state index contributed by atoms with van der Waals surface area (Å²) in [7, 11) is 0. The molecule has 0 aliphatic heterocycles. The van der Waals surface area contributed by atoms with E-state index in [1.807, 2.05) is 12.1 Å². The van der Waals surface area contributed by atoms with Crippen molar-refractivity contribution >= 4 is 25.3 Å². The molecule has 0 saturated heterocycles. The molecular weight excluding hydrogens is 259 g/mol. The molecule has 1 atom stereocenters. The van der Waals surface area contributed by atoms with E-state index < -0.39 is 14.7 Å². The molecule has 1 rings (SSSR count). The quantitative estimate of drug-likeness (QED) is 0.425. The molecule has 0 heterocycles. The maximum absolute atomic E-state index is 10.5. The average molecular weight is 280 g/mol. The first-order chi connectivity index (χ1) is 7.77. The third kappa shape index (κ3) is 4.53. The van der Waals surface area contributed by atoms with Crippen LogP contribution in [0, 0.1) is 0 Å². The summed E-state index contributed by atoms with van der Waals surface area (Å²) in [5, 5.41) is 1.40. The number of hydrogen-bond acceptors (Lipinski definition) is 1. The Labute approximate surface area is 104 Å². The Balaban J connectivity index is 2.39.